The quantitative estimate of drug-likeness (QED) is 0.878. The summed E-state index contributed by atoms with van der Waals surface area (Å²) in [5, 5.41) is 3.72. The number of benzene rings is 1. The molecule has 1 aromatic rings. The Morgan fingerprint density at radius 1 is 1.39 bits per heavy atom. The second-order valence-corrected chi connectivity index (χ2v) is 6.51. The number of para-hydroxylation sites is 1. The van der Waals surface area contributed by atoms with Gasteiger partial charge in [-0.25, -0.2) is 0 Å². The number of rotatable bonds is 5. The summed E-state index contributed by atoms with van der Waals surface area (Å²) in [5.41, 5.74) is 1.12. The highest BCUT2D eigenvalue weighted by Crippen LogP contribution is 2.42. The van der Waals surface area contributed by atoms with Crippen LogP contribution in [0.3, 0.4) is 0 Å². The third-order valence-electron chi connectivity index (χ3n) is 3.50. The Hall–Kier alpha value is -0.670. The predicted octanol–water partition coefficient (Wildman–Crippen LogP) is 3.63. The van der Waals surface area contributed by atoms with Crippen LogP contribution in [-0.4, -0.2) is 23.7 Å². The van der Waals surface area contributed by atoms with E-state index in [4.69, 9.17) is 4.74 Å². The van der Waals surface area contributed by atoms with E-state index in [1.165, 1.54) is 17.7 Å². The maximum atomic E-state index is 6.04. The van der Waals surface area contributed by atoms with Gasteiger partial charge in [-0.3, -0.25) is 0 Å². The number of hydrogen-bond donors (Lipinski definition) is 1. The fourth-order valence-electron chi connectivity index (χ4n) is 2.48. The van der Waals surface area contributed by atoms with Gasteiger partial charge in [0.25, 0.3) is 0 Å². The molecular formula is C15H23NOS. The Bertz CT molecular complexity index is 405. The van der Waals surface area contributed by atoms with Crippen LogP contribution in [0.25, 0.3) is 0 Å². The van der Waals surface area contributed by atoms with Crippen LogP contribution >= 0.6 is 11.8 Å². The minimum Gasteiger partial charge on any atom is -0.486 e. The van der Waals surface area contributed by atoms with Gasteiger partial charge in [-0.15, -0.1) is 0 Å². The lowest BCUT2D eigenvalue weighted by Crippen LogP contribution is -2.43. The highest BCUT2D eigenvalue weighted by molar-refractivity contribution is 7.98. The first kappa shape index (κ1) is 13.8. The third-order valence-corrected chi connectivity index (χ3v) is 4.15. The van der Waals surface area contributed by atoms with E-state index in [0.29, 0.717) is 6.04 Å². The molecule has 100 valence electrons. The van der Waals surface area contributed by atoms with Gasteiger partial charge in [0.05, 0.1) is 6.04 Å². The van der Waals surface area contributed by atoms with Crippen molar-refractivity contribution in [2.24, 2.45) is 0 Å². The molecule has 0 radical (unpaired) electrons. The molecule has 2 rings (SSSR count). The van der Waals surface area contributed by atoms with Crippen LogP contribution in [0, 0.1) is 0 Å². The van der Waals surface area contributed by atoms with Gasteiger partial charge >= 0.3 is 0 Å². The number of thioether (sulfide) groups is 1. The SMILES string of the molecule is CSCCC(C)NC1c2ccccc2OC1(C)C. The summed E-state index contributed by atoms with van der Waals surface area (Å²) in [7, 11) is 0. The van der Waals surface area contributed by atoms with Crippen molar-refractivity contribution in [3.05, 3.63) is 29.8 Å². The summed E-state index contributed by atoms with van der Waals surface area (Å²) >= 11 is 1.90. The maximum absolute atomic E-state index is 6.04. The van der Waals surface area contributed by atoms with Gasteiger partial charge in [0.1, 0.15) is 11.4 Å². The van der Waals surface area contributed by atoms with Crippen LogP contribution in [0.2, 0.25) is 0 Å². The van der Waals surface area contributed by atoms with Crippen LogP contribution in [-0.2, 0) is 0 Å². The zero-order valence-corrected chi connectivity index (χ0v) is 12.5. The Morgan fingerprint density at radius 2 is 2.11 bits per heavy atom. The Labute approximate surface area is 114 Å². The van der Waals surface area contributed by atoms with Gasteiger partial charge in [-0.1, -0.05) is 18.2 Å². The largest absolute Gasteiger partial charge is 0.486 e. The first-order chi connectivity index (χ1) is 8.54. The molecule has 18 heavy (non-hydrogen) atoms. The molecule has 1 N–H and O–H groups in total. The van der Waals surface area contributed by atoms with Crippen LogP contribution in [0.1, 0.15) is 38.8 Å². The third kappa shape index (κ3) is 2.83. The first-order valence-electron chi connectivity index (χ1n) is 6.57. The molecule has 0 spiro atoms. The fourth-order valence-corrected chi connectivity index (χ4v) is 3.07. The normalized spacial score (nSPS) is 22.3. The zero-order chi connectivity index (χ0) is 13.2. The van der Waals surface area contributed by atoms with E-state index >= 15 is 0 Å². The van der Waals surface area contributed by atoms with Crippen LogP contribution in [0.15, 0.2) is 24.3 Å². The molecule has 0 saturated carbocycles. The molecule has 0 aromatic heterocycles. The van der Waals surface area contributed by atoms with Gasteiger partial charge in [-0.2, -0.15) is 11.8 Å². The van der Waals surface area contributed by atoms with E-state index in [1.54, 1.807) is 0 Å². The van der Waals surface area contributed by atoms with E-state index in [0.717, 1.165) is 5.75 Å². The molecule has 3 heteroatoms. The average Bonchev–Trinajstić information content (AvgIpc) is 2.58. The van der Waals surface area contributed by atoms with Crippen molar-refractivity contribution in [1.29, 1.82) is 0 Å². The highest BCUT2D eigenvalue weighted by atomic mass is 32.2. The Morgan fingerprint density at radius 3 is 2.83 bits per heavy atom. The lowest BCUT2D eigenvalue weighted by Gasteiger charge is -2.30. The topological polar surface area (TPSA) is 21.3 Å². The molecule has 0 bridgehead atoms. The fraction of sp³-hybridized carbons (Fsp3) is 0.600. The standard InChI is InChI=1S/C15H23NOS/c1-11(9-10-18-4)16-14-12-7-5-6-8-13(12)17-15(14,2)3/h5-8,11,14,16H,9-10H2,1-4H3. The van der Waals surface area contributed by atoms with E-state index in [1.807, 2.05) is 17.8 Å². The van der Waals surface area contributed by atoms with Crippen LogP contribution < -0.4 is 10.1 Å². The molecule has 1 aliphatic rings. The Balaban J connectivity index is 2.11. The van der Waals surface area contributed by atoms with Crippen molar-refractivity contribution in [3.8, 4) is 5.75 Å². The maximum Gasteiger partial charge on any atom is 0.125 e. The number of ether oxygens (including phenoxy) is 1. The lowest BCUT2D eigenvalue weighted by molar-refractivity contribution is 0.0917. The summed E-state index contributed by atoms with van der Waals surface area (Å²) in [5.74, 6) is 2.22. The molecular weight excluding hydrogens is 242 g/mol. The summed E-state index contributed by atoms with van der Waals surface area (Å²) in [6, 6.07) is 9.15. The molecule has 2 nitrogen and oxygen atoms in total. The van der Waals surface area contributed by atoms with Gasteiger partial charge < -0.3 is 10.1 Å². The number of hydrogen-bond acceptors (Lipinski definition) is 3. The molecule has 0 aliphatic carbocycles. The lowest BCUT2D eigenvalue weighted by atomic mass is 9.93. The van der Waals surface area contributed by atoms with Gasteiger partial charge in [0, 0.05) is 11.6 Å². The second-order valence-electron chi connectivity index (χ2n) is 5.53. The molecule has 1 heterocycles. The number of nitrogens with one attached hydrogen (secondary N) is 1. The van der Waals surface area contributed by atoms with Gasteiger partial charge in [0.2, 0.25) is 0 Å². The van der Waals surface area contributed by atoms with E-state index in [9.17, 15) is 0 Å². The van der Waals surface area contributed by atoms with Gasteiger partial charge in [-0.05, 0) is 45.3 Å². The smallest absolute Gasteiger partial charge is 0.125 e. The molecule has 1 aliphatic heterocycles. The predicted molar refractivity (Wildman–Crippen MR) is 79.5 cm³/mol. The summed E-state index contributed by atoms with van der Waals surface area (Å²) < 4.78 is 6.04. The summed E-state index contributed by atoms with van der Waals surface area (Å²) in [4.78, 5) is 0. The summed E-state index contributed by atoms with van der Waals surface area (Å²) in [6.07, 6.45) is 3.35. The van der Waals surface area contributed by atoms with Crippen molar-refractivity contribution in [3.63, 3.8) is 0 Å². The summed E-state index contributed by atoms with van der Waals surface area (Å²) in [6.45, 7) is 6.57. The Kier molecular flexibility index (Phi) is 4.23. The van der Waals surface area contributed by atoms with E-state index in [-0.39, 0.29) is 11.6 Å². The van der Waals surface area contributed by atoms with Crippen LogP contribution in [0.5, 0.6) is 5.75 Å². The van der Waals surface area contributed by atoms with E-state index in [2.05, 4.69) is 50.5 Å². The minimum absolute atomic E-state index is 0.169. The van der Waals surface area contributed by atoms with Crippen molar-refractivity contribution in [2.45, 2.75) is 44.9 Å². The zero-order valence-electron chi connectivity index (χ0n) is 11.7. The molecule has 2 atom stereocenters. The molecule has 1 aromatic carbocycles. The highest BCUT2D eigenvalue weighted by Gasteiger charge is 2.41. The number of fused-ring (bicyclic) bond motifs is 1. The minimum atomic E-state index is -0.169. The van der Waals surface area contributed by atoms with E-state index < -0.39 is 0 Å². The monoisotopic (exact) mass is 265 g/mol. The van der Waals surface area contributed by atoms with Crippen molar-refractivity contribution < 1.29 is 4.74 Å². The molecule has 0 amide bonds. The van der Waals surface area contributed by atoms with Crippen molar-refractivity contribution in [1.82, 2.24) is 5.32 Å². The first-order valence-corrected chi connectivity index (χ1v) is 7.97. The molecule has 0 saturated heterocycles. The molecule has 2 unspecified atom stereocenters. The van der Waals surface area contributed by atoms with Crippen molar-refractivity contribution in [2.75, 3.05) is 12.0 Å². The molecule has 0 fully saturated rings. The second kappa shape index (κ2) is 5.54. The van der Waals surface area contributed by atoms with Gasteiger partial charge in [0.15, 0.2) is 0 Å². The average molecular weight is 265 g/mol. The van der Waals surface area contributed by atoms with Crippen molar-refractivity contribution >= 4 is 11.8 Å². The van der Waals surface area contributed by atoms with Crippen LogP contribution in [0.4, 0.5) is 0 Å².